The van der Waals surface area contributed by atoms with E-state index in [1.807, 2.05) is 6.07 Å². The van der Waals surface area contributed by atoms with Crippen molar-refractivity contribution in [1.82, 2.24) is 10.3 Å². The molecule has 160 valence electrons. The van der Waals surface area contributed by atoms with Gasteiger partial charge in [-0.15, -0.1) is 11.3 Å². The number of amides is 2. The molecule has 0 saturated heterocycles. The summed E-state index contributed by atoms with van der Waals surface area (Å²) < 4.78 is 10.6. The average molecular weight is 458 g/mol. The number of anilines is 1. The lowest BCUT2D eigenvalue weighted by atomic mass is 9.95. The number of carbonyl (C=O) groups is 2. The molecular formula is C22H20ClN3O4S. The number of hydrogen-bond donors (Lipinski definition) is 1. The number of hydrogen-bond acceptors (Lipinski definition) is 6. The number of methoxy groups -OCH3 is 2. The Balaban J connectivity index is 1.64. The van der Waals surface area contributed by atoms with Crippen molar-refractivity contribution in [1.29, 1.82) is 0 Å². The number of nitrogens with zero attached hydrogens (tertiary/aromatic N) is 2. The number of rotatable bonds is 5. The van der Waals surface area contributed by atoms with Crippen molar-refractivity contribution >= 4 is 40.4 Å². The molecule has 0 bridgehead atoms. The first-order valence-corrected chi connectivity index (χ1v) is 10.8. The highest BCUT2D eigenvalue weighted by Gasteiger charge is 2.31. The number of aromatic nitrogens is 1. The molecule has 1 N–H and O–H groups in total. The highest BCUT2D eigenvalue weighted by Crippen LogP contribution is 2.37. The molecule has 0 spiro atoms. The van der Waals surface area contributed by atoms with Gasteiger partial charge in [-0.3, -0.25) is 9.59 Å². The first-order valence-electron chi connectivity index (χ1n) is 9.55. The second-order valence-corrected chi connectivity index (χ2v) is 8.21. The monoisotopic (exact) mass is 457 g/mol. The van der Waals surface area contributed by atoms with Crippen molar-refractivity contribution in [2.24, 2.45) is 0 Å². The zero-order valence-electron chi connectivity index (χ0n) is 16.9. The van der Waals surface area contributed by atoms with Crippen LogP contribution in [0, 0.1) is 0 Å². The molecule has 4 rings (SSSR count). The second-order valence-electron chi connectivity index (χ2n) is 6.88. The third-order valence-electron chi connectivity index (χ3n) is 5.11. The van der Waals surface area contributed by atoms with Crippen LogP contribution in [0.1, 0.15) is 38.2 Å². The van der Waals surface area contributed by atoms with Gasteiger partial charge >= 0.3 is 0 Å². The van der Waals surface area contributed by atoms with E-state index >= 15 is 0 Å². The zero-order chi connectivity index (χ0) is 22.0. The van der Waals surface area contributed by atoms with Crippen LogP contribution in [0.3, 0.4) is 0 Å². The molecule has 7 nitrogen and oxygen atoms in total. The summed E-state index contributed by atoms with van der Waals surface area (Å²) in [6.45, 7) is 0.420. The quantitative estimate of drug-likeness (QED) is 0.616. The third kappa shape index (κ3) is 4.22. The molecule has 1 unspecified atom stereocenters. The molecule has 31 heavy (non-hydrogen) atoms. The Morgan fingerprint density at radius 2 is 1.97 bits per heavy atom. The van der Waals surface area contributed by atoms with Crippen LogP contribution in [-0.2, 0) is 0 Å². The molecule has 1 atom stereocenters. The smallest absolute Gasteiger partial charge is 0.280 e. The van der Waals surface area contributed by atoms with Gasteiger partial charge in [0, 0.05) is 28.7 Å². The summed E-state index contributed by atoms with van der Waals surface area (Å²) in [6, 6.07) is 10.2. The number of fused-ring (bicyclic) bond motifs is 1. The average Bonchev–Trinajstić information content (AvgIpc) is 3.33. The fourth-order valence-electron chi connectivity index (χ4n) is 3.62. The van der Waals surface area contributed by atoms with Crippen LogP contribution in [0.2, 0.25) is 5.02 Å². The summed E-state index contributed by atoms with van der Waals surface area (Å²) in [7, 11) is 3.07. The summed E-state index contributed by atoms with van der Waals surface area (Å²) in [5.74, 6) is 0.603. The normalized spacial score (nSPS) is 15.2. The number of ether oxygens (including phenoxy) is 2. The van der Waals surface area contributed by atoms with Crippen LogP contribution in [0.25, 0.3) is 0 Å². The predicted molar refractivity (Wildman–Crippen MR) is 120 cm³/mol. The molecule has 0 radical (unpaired) electrons. The molecule has 1 aromatic heterocycles. The highest BCUT2D eigenvalue weighted by molar-refractivity contribution is 7.11. The molecule has 1 aliphatic heterocycles. The van der Waals surface area contributed by atoms with Crippen molar-refractivity contribution in [2.75, 3.05) is 25.7 Å². The maximum absolute atomic E-state index is 13.3. The van der Waals surface area contributed by atoms with E-state index in [9.17, 15) is 9.59 Å². The maximum Gasteiger partial charge on any atom is 0.280 e. The van der Waals surface area contributed by atoms with Crippen LogP contribution in [-0.4, -0.2) is 37.6 Å². The SMILES string of the molecule is COc1ccc(C(=O)N2CCC(NC(=O)c3nccs3)c3ccc(Cl)cc32)cc1OC. The van der Waals surface area contributed by atoms with Gasteiger partial charge in [-0.05, 0) is 42.3 Å². The molecule has 0 aliphatic carbocycles. The van der Waals surface area contributed by atoms with E-state index in [0.29, 0.717) is 45.7 Å². The van der Waals surface area contributed by atoms with E-state index in [4.69, 9.17) is 21.1 Å². The second kappa shape index (κ2) is 8.95. The predicted octanol–water partition coefficient (Wildman–Crippen LogP) is 4.34. The van der Waals surface area contributed by atoms with Gasteiger partial charge in [-0.25, -0.2) is 4.98 Å². The lowest BCUT2D eigenvalue weighted by Crippen LogP contribution is -2.41. The van der Waals surface area contributed by atoms with Gasteiger partial charge in [-0.2, -0.15) is 0 Å². The van der Waals surface area contributed by atoms with Gasteiger partial charge in [0.1, 0.15) is 0 Å². The van der Waals surface area contributed by atoms with E-state index < -0.39 is 0 Å². The molecule has 9 heteroatoms. The Kier molecular flexibility index (Phi) is 6.11. The van der Waals surface area contributed by atoms with E-state index in [-0.39, 0.29) is 17.9 Å². The minimum atomic E-state index is -0.252. The highest BCUT2D eigenvalue weighted by atomic mass is 35.5. The lowest BCUT2D eigenvalue weighted by Gasteiger charge is -2.35. The third-order valence-corrected chi connectivity index (χ3v) is 6.11. The minimum absolute atomic E-state index is 0.186. The van der Waals surface area contributed by atoms with Gasteiger partial charge in [0.05, 0.1) is 25.9 Å². The topological polar surface area (TPSA) is 80.8 Å². The molecular weight excluding hydrogens is 438 g/mol. The van der Waals surface area contributed by atoms with Crippen molar-refractivity contribution < 1.29 is 19.1 Å². The molecule has 0 fully saturated rings. The number of thiazole rings is 1. The summed E-state index contributed by atoms with van der Waals surface area (Å²) in [5.41, 5.74) is 1.96. The molecule has 1 aliphatic rings. The van der Waals surface area contributed by atoms with Gasteiger partial charge in [0.25, 0.3) is 11.8 Å². The molecule has 2 aromatic carbocycles. The fourth-order valence-corrected chi connectivity index (χ4v) is 4.33. The Hall–Kier alpha value is -3.10. The molecule has 2 amide bonds. The lowest BCUT2D eigenvalue weighted by molar-refractivity contribution is 0.0933. The van der Waals surface area contributed by atoms with Crippen LogP contribution < -0.4 is 19.7 Å². The largest absolute Gasteiger partial charge is 0.493 e. The van der Waals surface area contributed by atoms with E-state index in [0.717, 1.165) is 5.56 Å². The Morgan fingerprint density at radius 1 is 1.16 bits per heavy atom. The Bertz CT molecular complexity index is 1120. The summed E-state index contributed by atoms with van der Waals surface area (Å²) in [4.78, 5) is 31.6. The van der Waals surface area contributed by atoms with Gasteiger partial charge in [0.2, 0.25) is 0 Å². The van der Waals surface area contributed by atoms with Crippen molar-refractivity contribution in [3.8, 4) is 11.5 Å². The number of carbonyl (C=O) groups excluding carboxylic acids is 2. The summed E-state index contributed by atoms with van der Waals surface area (Å²) in [6.07, 6.45) is 2.16. The minimum Gasteiger partial charge on any atom is -0.493 e. The fraction of sp³-hybridized carbons (Fsp3) is 0.227. The van der Waals surface area contributed by atoms with Crippen LogP contribution in [0.5, 0.6) is 11.5 Å². The molecule has 0 saturated carbocycles. The summed E-state index contributed by atoms with van der Waals surface area (Å²) in [5, 5.41) is 5.69. The van der Waals surface area contributed by atoms with E-state index in [2.05, 4.69) is 10.3 Å². The van der Waals surface area contributed by atoms with E-state index in [1.165, 1.54) is 18.4 Å². The first kappa shape index (κ1) is 21.1. The van der Waals surface area contributed by atoms with Crippen molar-refractivity contribution in [3.05, 3.63) is 69.1 Å². The van der Waals surface area contributed by atoms with Gasteiger partial charge in [0.15, 0.2) is 16.5 Å². The number of nitrogens with one attached hydrogen (secondary N) is 1. The first-order chi connectivity index (χ1) is 15.0. The number of benzene rings is 2. The van der Waals surface area contributed by atoms with Crippen molar-refractivity contribution in [3.63, 3.8) is 0 Å². The van der Waals surface area contributed by atoms with Crippen LogP contribution >= 0.6 is 22.9 Å². The summed E-state index contributed by atoms with van der Waals surface area (Å²) >= 11 is 7.53. The molecule has 3 aromatic rings. The van der Waals surface area contributed by atoms with Crippen molar-refractivity contribution in [2.45, 2.75) is 12.5 Å². The Labute approximate surface area is 188 Å². The van der Waals surface area contributed by atoms with Gasteiger partial charge < -0.3 is 19.7 Å². The van der Waals surface area contributed by atoms with Crippen LogP contribution in [0.4, 0.5) is 5.69 Å². The zero-order valence-corrected chi connectivity index (χ0v) is 18.5. The van der Waals surface area contributed by atoms with Gasteiger partial charge in [-0.1, -0.05) is 17.7 Å². The molecule has 2 heterocycles. The maximum atomic E-state index is 13.3. The standard InChI is InChI=1S/C22H20ClN3O4S/c1-29-18-6-3-13(11-19(18)30-2)22(28)26-9-7-16(15-5-4-14(23)12-17(15)26)25-20(27)21-24-8-10-31-21/h3-6,8,10-12,16H,7,9H2,1-2H3,(H,25,27). The number of halogens is 1. The van der Waals surface area contributed by atoms with E-state index in [1.54, 1.807) is 53.9 Å². The van der Waals surface area contributed by atoms with Crippen LogP contribution in [0.15, 0.2) is 48.0 Å². The Morgan fingerprint density at radius 3 is 2.68 bits per heavy atom.